The third-order valence-corrected chi connectivity index (χ3v) is 3.64. The first-order valence-corrected chi connectivity index (χ1v) is 7.12. The summed E-state index contributed by atoms with van der Waals surface area (Å²) in [5.74, 6) is 0.0202. The van der Waals surface area contributed by atoms with Gasteiger partial charge in [-0.1, -0.05) is 6.07 Å². The molecule has 1 N–H and O–H groups in total. The van der Waals surface area contributed by atoms with Crippen molar-refractivity contribution in [2.75, 3.05) is 19.4 Å². The number of carbonyl (C=O) groups is 1. The molecule has 100 valence electrons. The van der Waals surface area contributed by atoms with Crippen molar-refractivity contribution in [3.05, 3.63) is 52.2 Å². The van der Waals surface area contributed by atoms with E-state index in [4.69, 9.17) is 0 Å². The Morgan fingerprint density at radius 3 is 2.74 bits per heavy atom. The zero-order valence-corrected chi connectivity index (χ0v) is 12.2. The van der Waals surface area contributed by atoms with Gasteiger partial charge in [0.1, 0.15) is 0 Å². The van der Waals surface area contributed by atoms with Crippen LogP contribution in [0.25, 0.3) is 0 Å². The maximum atomic E-state index is 11.9. The van der Waals surface area contributed by atoms with Crippen LogP contribution in [0.1, 0.15) is 28.9 Å². The minimum atomic E-state index is 0.0202. The van der Waals surface area contributed by atoms with Crippen LogP contribution in [0.2, 0.25) is 0 Å². The number of anilines is 1. The topological polar surface area (TPSA) is 32.3 Å². The average molecular weight is 274 g/mol. The molecule has 0 spiro atoms. The van der Waals surface area contributed by atoms with Gasteiger partial charge in [0, 0.05) is 31.4 Å². The van der Waals surface area contributed by atoms with E-state index in [9.17, 15) is 4.79 Å². The van der Waals surface area contributed by atoms with Crippen molar-refractivity contribution < 1.29 is 4.79 Å². The zero-order chi connectivity index (χ0) is 13.8. The smallest absolute Gasteiger partial charge is 0.253 e. The summed E-state index contributed by atoms with van der Waals surface area (Å²) in [7, 11) is 3.52. The number of thiophene rings is 1. The van der Waals surface area contributed by atoms with Crippen LogP contribution in [0.3, 0.4) is 0 Å². The molecule has 2 aromatic rings. The van der Waals surface area contributed by atoms with E-state index in [1.165, 1.54) is 5.56 Å². The molecule has 0 fully saturated rings. The SMILES string of the molecule is CC(Nc1cccc(C(=O)N(C)C)c1)c1ccsc1. The van der Waals surface area contributed by atoms with Gasteiger partial charge in [-0.05, 0) is 47.5 Å². The molecule has 2 rings (SSSR count). The molecular formula is C15H18N2OS. The first-order chi connectivity index (χ1) is 9.08. The van der Waals surface area contributed by atoms with E-state index in [2.05, 4.69) is 29.1 Å². The molecule has 1 atom stereocenters. The van der Waals surface area contributed by atoms with Gasteiger partial charge in [-0.3, -0.25) is 4.79 Å². The first kappa shape index (κ1) is 13.6. The van der Waals surface area contributed by atoms with Crippen LogP contribution in [0, 0.1) is 0 Å². The molecule has 19 heavy (non-hydrogen) atoms. The third kappa shape index (κ3) is 3.35. The molecule has 1 aromatic carbocycles. The summed E-state index contributed by atoms with van der Waals surface area (Å²) in [5.41, 5.74) is 2.92. The second-order valence-electron chi connectivity index (χ2n) is 4.70. The molecule has 1 unspecified atom stereocenters. The summed E-state index contributed by atoms with van der Waals surface area (Å²) < 4.78 is 0. The number of nitrogens with zero attached hydrogens (tertiary/aromatic N) is 1. The number of nitrogens with one attached hydrogen (secondary N) is 1. The minimum Gasteiger partial charge on any atom is -0.378 e. The lowest BCUT2D eigenvalue weighted by Crippen LogP contribution is -2.21. The Bertz CT molecular complexity index is 549. The van der Waals surface area contributed by atoms with Gasteiger partial charge in [0.25, 0.3) is 5.91 Å². The number of carbonyl (C=O) groups excluding carboxylic acids is 1. The lowest BCUT2D eigenvalue weighted by molar-refractivity contribution is 0.0827. The van der Waals surface area contributed by atoms with Gasteiger partial charge in [0.05, 0.1) is 0 Å². The summed E-state index contributed by atoms with van der Waals surface area (Å²) in [5, 5.41) is 7.61. The Morgan fingerprint density at radius 2 is 2.11 bits per heavy atom. The van der Waals surface area contributed by atoms with E-state index in [1.54, 1.807) is 30.3 Å². The van der Waals surface area contributed by atoms with Crippen LogP contribution in [0.15, 0.2) is 41.1 Å². The normalized spacial score (nSPS) is 11.9. The summed E-state index contributed by atoms with van der Waals surface area (Å²) in [6, 6.07) is 9.95. The number of rotatable bonds is 4. The standard InChI is InChI=1S/C15H18N2OS/c1-11(13-7-8-19-10-13)16-14-6-4-5-12(9-14)15(18)17(2)3/h4-11,16H,1-3H3. The van der Waals surface area contributed by atoms with Crippen molar-refractivity contribution >= 4 is 22.9 Å². The van der Waals surface area contributed by atoms with Gasteiger partial charge < -0.3 is 10.2 Å². The number of hydrogen-bond acceptors (Lipinski definition) is 3. The van der Waals surface area contributed by atoms with Gasteiger partial charge in [-0.2, -0.15) is 11.3 Å². The van der Waals surface area contributed by atoms with E-state index >= 15 is 0 Å². The zero-order valence-electron chi connectivity index (χ0n) is 11.4. The number of benzene rings is 1. The first-order valence-electron chi connectivity index (χ1n) is 6.18. The van der Waals surface area contributed by atoms with Crippen molar-refractivity contribution in [2.45, 2.75) is 13.0 Å². The molecule has 0 aliphatic rings. The molecule has 4 heteroatoms. The Balaban J connectivity index is 2.13. The second kappa shape index (κ2) is 5.89. The Hall–Kier alpha value is -1.81. The summed E-state index contributed by atoms with van der Waals surface area (Å²) in [6.45, 7) is 2.11. The molecule has 0 aliphatic heterocycles. The summed E-state index contributed by atoms with van der Waals surface area (Å²) in [4.78, 5) is 13.5. The minimum absolute atomic E-state index is 0.0202. The van der Waals surface area contributed by atoms with Crippen LogP contribution in [-0.2, 0) is 0 Å². The van der Waals surface area contributed by atoms with E-state index in [0.29, 0.717) is 5.56 Å². The molecular weight excluding hydrogens is 256 g/mol. The fourth-order valence-electron chi connectivity index (χ4n) is 1.85. The van der Waals surface area contributed by atoms with E-state index in [0.717, 1.165) is 5.69 Å². The van der Waals surface area contributed by atoms with E-state index in [-0.39, 0.29) is 11.9 Å². The maximum Gasteiger partial charge on any atom is 0.253 e. The van der Waals surface area contributed by atoms with Gasteiger partial charge in [-0.25, -0.2) is 0 Å². The van der Waals surface area contributed by atoms with Gasteiger partial charge in [-0.15, -0.1) is 0 Å². The second-order valence-corrected chi connectivity index (χ2v) is 5.48. The molecule has 0 radical (unpaired) electrons. The fourth-order valence-corrected chi connectivity index (χ4v) is 2.61. The quantitative estimate of drug-likeness (QED) is 0.923. The van der Waals surface area contributed by atoms with Crippen molar-refractivity contribution in [2.24, 2.45) is 0 Å². The average Bonchev–Trinajstić information content (AvgIpc) is 2.92. The predicted octanol–water partition coefficient (Wildman–Crippen LogP) is 3.62. The highest BCUT2D eigenvalue weighted by molar-refractivity contribution is 7.07. The van der Waals surface area contributed by atoms with Crippen LogP contribution in [0.4, 0.5) is 5.69 Å². The van der Waals surface area contributed by atoms with Gasteiger partial charge in [0.15, 0.2) is 0 Å². The van der Waals surface area contributed by atoms with E-state index < -0.39 is 0 Å². The molecule has 3 nitrogen and oxygen atoms in total. The molecule has 1 heterocycles. The highest BCUT2D eigenvalue weighted by atomic mass is 32.1. The molecule has 0 saturated heterocycles. The van der Waals surface area contributed by atoms with Crippen molar-refractivity contribution in [3.8, 4) is 0 Å². The van der Waals surface area contributed by atoms with Gasteiger partial charge in [0.2, 0.25) is 0 Å². The fraction of sp³-hybridized carbons (Fsp3) is 0.267. The number of amides is 1. The lowest BCUT2D eigenvalue weighted by atomic mass is 10.1. The Morgan fingerprint density at radius 1 is 1.32 bits per heavy atom. The van der Waals surface area contributed by atoms with Crippen LogP contribution in [-0.4, -0.2) is 24.9 Å². The largest absolute Gasteiger partial charge is 0.378 e. The number of hydrogen-bond donors (Lipinski definition) is 1. The predicted molar refractivity (Wildman–Crippen MR) is 80.8 cm³/mol. The Labute approximate surface area is 117 Å². The van der Waals surface area contributed by atoms with Crippen molar-refractivity contribution in [3.63, 3.8) is 0 Å². The maximum absolute atomic E-state index is 11.9. The van der Waals surface area contributed by atoms with Gasteiger partial charge >= 0.3 is 0 Å². The Kier molecular flexibility index (Phi) is 4.22. The van der Waals surface area contributed by atoms with E-state index in [1.807, 2.05) is 24.3 Å². The molecule has 0 saturated carbocycles. The molecule has 1 aromatic heterocycles. The van der Waals surface area contributed by atoms with Crippen LogP contribution >= 0.6 is 11.3 Å². The highest BCUT2D eigenvalue weighted by Crippen LogP contribution is 2.22. The van der Waals surface area contributed by atoms with Crippen molar-refractivity contribution in [1.29, 1.82) is 0 Å². The molecule has 0 bridgehead atoms. The van der Waals surface area contributed by atoms with Crippen LogP contribution in [0.5, 0.6) is 0 Å². The third-order valence-electron chi connectivity index (χ3n) is 2.94. The summed E-state index contributed by atoms with van der Waals surface area (Å²) in [6.07, 6.45) is 0. The summed E-state index contributed by atoms with van der Waals surface area (Å²) >= 11 is 1.69. The lowest BCUT2D eigenvalue weighted by Gasteiger charge is -2.16. The van der Waals surface area contributed by atoms with Crippen LogP contribution < -0.4 is 5.32 Å². The monoisotopic (exact) mass is 274 g/mol. The van der Waals surface area contributed by atoms with Crippen molar-refractivity contribution in [1.82, 2.24) is 4.90 Å². The molecule has 0 aliphatic carbocycles. The highest BCUT2D eigenvalue weighted by Gasteiger charge is 2.10. The molecule has 1 amide bonds.